The van der Waals surface area contributed by atoms with E-state index in [1.54, 1.807) is 13.1 Å². The largest absolute Gasteiger partial charge is 0.369 e. The lowest BCUT2D eigenvalue weighted by Gasteiger charge is -2.27. The van der Waals surface area contributed by atoms with E-state index in [1.807, 2.05) is 68.4 Å². The summed E-state index contributed by atoms with van der Waals surface area (Å²) in [6.07, 6.45) is 1.16. The van der Waals surface area contributed by atoms with Crippen molar-refractivity contribution in [3.63, 3.8) is 0 Å². The lowest BCUT2D eigenvalue weighted by Crippen LogP contribution is -2.50. The van der Waals surface area contributed by atoms with Gasteiger partial charge in [-0.25, -0.2) is 4.99 Å². The van der Waals surface area contributed by atoms with Gasteiger partial charge in [0.05, 0.1) is 23.2 Å². The number of benzene rings is 2. The summed E-state index contributed by atoms with van der Waals surface area (Å²) in [5.74, 6) is -2.63. The highest BCUT2D eigenvalue weighted by Crippen LogP contribution is 2.28. The van der Waals surface area contributed by atoms with Crippen LogP contribution in [0.4, 0.5) is 5.69 Å². The molecule has 3 rings (SSSR count). The average Bonchev–Trinajstić information content (AvgIpc) is 2.92. The number of nitrogens with one attached hydrogen (secondary N) is 1. The molecule has 0 aromatic heterocycles. The Labute approximate surface area is 200 Å². The molecule has 0 spiro atoms. The number of carbonyl (C=O) groups excluding carboxylic acids is 3. The zero-order valence-electron chi connectivity index (χ0n) is 19.9. The number of primary amides is 1. The van der Waals surface area contributed by atoms with E-state index in [1.165, 1.54) is 4.90 Å². The molecule has 7 nitrogen and oxygen atoms in total. The fourth-order valence-corrected chi connectivity index (χ4v) is 4.30. The van der Waals surface area contributed by atoms with Crippen molar-refractivity contribution in [1.29, 1.82) is 0 Å². The van der Waals surface area contributed by atoms with Gasteiger partial charge in [-0.3, -0.25) is 14.4 Å². The van der Waals surface area contributed by atoms with Gasteiger partial charge in [-0.2, -0.15) is 0 Å². The van der Waals surface area contributed by atoms with Crippen molar-refractivity contribution in [3.8, 4) is 0 Å². The molecule has 1 heterocycles. The van der Waals surface area contributed by atoms with Crippen molar-refractivity contribution >= 4 is 29.1 Å². The number of para-hydroxylation sites is 1. The van der Waals surface area contributed by atoms with Crippen molar-refractivity contribution in [3.05, 3.63) is 78.4 Å². The van der Waals surface area contributed by atoms with Crippen LogP contribution in [-0.2, 0) is 14.4 Å². The number of amides is 3. The van der Waals surface area contributed by atoms with Gasteiger partial charge in [0.25, 0.3) is 5.91 Å². The summed E-state index contributed by atoms with van der Waals surface area (Å²) in [6.45, 7) is 7.64. The van der Waals surface area contributed by atoms with E-state index in [2.05, 4.69) is 11.9 Å². The first-order valence-electron chi connectivity index (χ1n) is 11.4. The summed E-state index contributed by atoms with van der Waals surface area (Å²) in [7, 11) is 1.67. The van der Waals surface area contributed by atoms with Gasteiger partial charge in [-0.1, -0.05) is 68.5 Å². The molecule has 1 aliphatic heterocycles. The maximum absolute atomic E-state index is 13.5. The number of benzodiazepines with no additional fused rings is 1. The number of aliphatic imine (C=N–C) groups is 1. The fourth-order valence-electron chi connectivity index (χ4n) is 4.30. The van der Waals surface area contributed by atoms with E-state index in [0.29, 0.717) is 17.8 Å². The van der Waals surface area contributed by atoms with Gasteiger partial charge in [0.15, 0.2) is 0 Å². The molecule has 0 fully saturated rings. The normalized spacial score (nSPS) is 17.3. The van der Waals surface area contributed by atoms with E-state index in [4.69, 9.17) is 10.7 Å². The number of carbonyl (C=O) groups is 3. The molecule has 2 aromatic rings. The number of likely N-dealkylation sites (N-methyl/N-ethyl adjacent to an activating group) is 1. The molecule has 2 aromatic carbocycles. The Morgan fingerprint density at radius 2 is 1.76 bits per heavy atom. The first kappa shape index (κ1) is 24.9. The molecule has 3 atom stereocenters. The molecule has 1 unspecified atom stereocenters. The third kappa shape index (κ3) is 5.42. The topological polar surface area (TPSA) is 105 Å². The van der Waals surface area contributed by atoms with Gasteiger partial charge in [-0.05, 0) is 24.8 Å². The summed E-state index contributed by atoms with van der Waals surface area (Å²) in [5, 5.41) is 2.81. The number of hydrogen-bond donors (Lipinski definition) is 2. The number of nitrogens with two attached hydrogens (primary N) is 1. The Kier molecular flexibility index (Phi) is 7.99. The summed E-state index contributed by atoms with van der Waals surface area (Å²) >= 11 is 0. The van der Waals surface area contributed by atoms with Crippen LogP contribution in [0.1, 0.15) is 37.8 Å². The van der Waals surface area contributed by atoms with Crippen LogP contribution in [0, 0.1) is 17.8 Å². The molecule has 0 saturated heterocycles. The van der Waals surface area contributed by atoms with E-state index < -0.39 is 29.8 Å². The van der Waals surface area contributed by atoms with Gasteiger partial charge in [0, 0.05) is 18.2 Å². The maximum Gasteiger partial charge on any atom is 0.272 e. The van der Waals surface area contributed by atoms with Crippen molar-refractivity contribution in [2.45, 2.75) is 32.9 Å². The number of fused-ring (bicyclic) bond motifs is 1. The van der Waals surface area contributed by atoms with Crippen LogP contribution in [0.2, 0.25) is 0 Å². The molecule has 1 aliphatic rings. The maximum atomic E-state index is 13.5. The van der Waals surface area contributed by atoms with E-state index in [9.17, 15) is 14.4 Å². The molecule has 0 aliphatic carbocycles. The zero-order valence-corrected chi connectivity index (χ0v) is 19.9. The number of nitrogens with zero attached hydrogens (tertiary/aromatic N) is 2. The molecule has 0 radical (unpaired) electrons. The standard InChI is InChI=1S/C27H32N4O3/c1-5-11-19(24(28)32)21(16-17(2)3)26(33)30-25-27(34)31(4)22-15-10-9-14-20(22)23(29-25)18-12-7-6-8-13-18/h5-10,12-15,17,19,21,25H,1,11,16H2,2-4H3,(H2,28,32)(H,30,33)/t19-,21-,25?/m0/s1. The van der Waals surface area contributed by atoms with Gasteiger partial charge >= 0.3 is 0 Å². The predicted molar refractivity (Wildman–Crippen MR) is 134 cm³/mol. The Hall–Kier alpha value is -3.74. The summed E-state index contributed by atoms with van der Waals surface area (Å²) in [5.41, 5.74) is 8.56. The minimum atomic E-state index is -1.15. The fraction of sp³-hybridized carbons (Fsp3) is 0.333. The van der Waals surface area contributed by atoms with E-state index >= 15 is 0 Å². The molecule has 0 saturated carbocycles. The SMILES string of the molecule is C=CC[C@H](C(N)=O)[C@H](CC(C)C)C(=O)NC1N=C(c2ccccc2)c2ccccc2N(C)C1=O. The first-order chi connectivity index (χ1) is 16.2. The molecular weight excluding hydrogens is 428 g/mol. The van der Waals surface area contributed by atoms with E-state index in [-0.39, 0.29) is 18.2 Å². The smallest absolute Gasteiger partial charge is 0.272 e. The van der Waals surface area contributed by atoms with Crippen molar-refractivity contribution < 1.29 is 14.4 Å². The minimum Gasteiger partial charge on any atom is -0.369 e. The third-order valence-corrected chi connectivity index (χ3v) is 6.00. The summed E-state index contributed by atoms with van der Waals surface area (Å²) in [4.78, 5) is 45.2. The highest BCUT2D eigenvalue weighted by molar-refractivity contribution is 6.20. The Morgan fingerprint density at radius 1 is 1.12 bits per heavy atom. The highest BCUT2D eigenvalue weighted by Gasteiger charge is 2.36. The second-order valence-corrected chi connectivity index (χ2v) is 8.94. The zero-order chi connectivity index (χ0) is 24.8. The van der Waals surface area contributed by atoms with Gasteiger partial charge < -0.3 is 16.0 Å². The van der Waals surface area contributed by atoms with Gasteiger partial charge in [0.2, 0.25) is 18.0 Å². The summed E-state index contributed by atoms with van der Waals surface area (Å²) in [6, 6.07) is 17.0. The molecule has 0 bridgehead atoms. The Balaban J connectivity index is 2.03. The Bertz CT molecular complexity index is 1090. The predicted octanol–water partition coefficient (Wildman–Crippen LogP) is 3.28. The van der Waals surface area contributed by atoms with Crippen LogP contribution in [-0.4, -0.2) is 36.6 Å². The van der Waals surface area contributed by atoms with Crippen LogP contribution in [0.25, 0.3) is 0 Å². The minimum absolute atomic E-state index is 0.141. The average molecular weight is 461 g/mol. The van der Waals surface area contributed by atoms with Crippen LogP contribution in [0.15, 0.2) is 72.2 Å². The third-order valence-electron chi connectivity index (χ3n) is 6.00. The molecule has 7 heteroatoms. The van der Waals surface area contributed by atoms with Gasteiger partial charge in [-0.15, -0.1) is 6.58 Å². The molecule has 3 amide bonds. The highest BCUT2D eigenvalue weighted by atomic mass is 16.2. The molecule has 34 heavy (non-hydrogen) atoms. The second-order valence-electron chi connectivity index (χ2n) is 8.94. The number of allylic oxidation sites excluding steroid dienone is 1. The monoisotopic (exact) mass is 460 g/mol. The van der Waals surface area contributed by atoms with Crippen molar-refractivity contribution in [2.24, 2.45) is 28.5 Å². The number of rotatable bonds is 9. The van der Waals surface area contributed by atoms with Crippen molar-refractivity contribution in [1.82, 2.24) is 5.32 Å². The quantitative estimate of drug-likeness (QED) is 0.561. The molecule has 3 N–H and O–H groups in total. The molecular formula is C27H32N4O3. The number of anilines is 1. The first-order valence-corrected chi connectivity index (χ1v) is 11.4. The van der Waals surface area contributed by atoms with Crippen LogP contribution in [0.3, 0.4) is 0 Å². The van der Waals surface area contributed by atoms with E-state index in [0.717, 1.165) is 11.1 Å². The van der Waals surface area contributed by atoms with Crippen LogP contribution < -0.4 is 16.0 Å². The van der Waals surface area contributed by atoms with Gasteiger partial charge in [0.1, 0.15) is 0 Å². The Morgan fingerprint density at radius 3 is 2.38 bits per heavy atom. The number of hydrogen-bond acceptors (Lipinski definition) is 4. The second kappa shape index (κ2) is 10.9. The lowest BCUT2D eigenvalue weighted by atomic mass is 9.82. The lowest BCUT2D eigenvalue weighted by molar-refractivity contribution is -0.135. The van der Waals surface area contributed by atoms with Crippen LogP contribution in [0.5, 0.6) is 0 Å². The molecule has 178 valence electrons. The van der Waals surface area contributed by atoms with Crippen molar-refractivity contribution in [2.75, 3.05) is 11.9 Å². The summed E-state index contributed by atoms with van der Waals surface area (Å²) < 4.78 is 0. The van der Waals surface area contributed by atoms with Crippen LogP contribution >= 0.6 is 0 Å².